The van der Waals surface area contributed by atoms with Gasteiger partial charge < -0.3 is 14.9 Å². The van der Waals surface area contributed by atoms with E-state index in [0.717, 1.165) is 25.0 Å². The van der Waals surface area contributed by atoms with Crippen LogP contribution in [0.1, 0.15) is 20.3 Å². The van der Waals surface area contributed by atoms with Crippen molar-refractivity contribution in [2.45, 2.75) is 26.4 Å². The zero-order chi connectivity index (χ0) is 18.7. The van der Waals surface area contributed by atoms with Gasteiger partial charge in [0.05, 0.1) is 0 Å². The molecule has 2 fully saturated rings. The number of hydrogen-bond acceptors (Lipinski definition) is 5. The van der Waals surface area contributed by atoms with E-state index in [2.05, 4.69) is 33.6 Å². The van der Waals surface area contributed by atoms with Crippen molar-refractivity contribution in [2.24, 2.45) is 11.3 Å². The van der Waals surface area contributed by atoms with Gasteiger partial charge in [0, 0.05) is 44.0 Å². The Kier molecular flexibility index (Phi) is 5.87. The van der Waals surface area contributed by atoms with E-state index in [-0.39, 0.29) is 0 Å². The Labute approximate surface area is 144 Å². The summed E-state index contributed by atoms with van der Waals surface area (Å²) in [7, 11) is 0. The monoisotopic (exact) mass is 360 g/mol. The van der Waals surface area contributed by atoms with Crippen molar-refractivity contribution >= 4 is 11.9 Å². The van der Waals surface area contributed by atoms with Crippen molar-refractivity contribution in [3.05, 3.63) is 18.5 Å². The first kappa shape index (κ1) is 19.4. The third-order valence-electron chi connectivity index (χ3n) is 4.27. The van der Waals surface area contributed by atoms with Crippen molar-refractivity contribution in [1.29, 1.82) is 0 Å². The molecule has 0 aromatic carbocycles. The molecule has 140 valence electrons. The molecule has 0 aliphatic carbocycles. The second-order valence-corrected chi connectivity index (χ2v) is 7.09. The molecule has 9 heteroatoms. The van der Waals surface area contributed by atoms with Crippen molar-refractivity contribution in [3.8, 4) is 0 Å². The molecule has 25 heavy (non-hydrogen) atoms. The molecular formula is C16H23F3N4O2. The third kappa shape index (κ3) is 5.29. The minimum absolute atomic E-state index is 0.522. The smallest absolute Gasteiger partial charge is 0.475 e. The summed E-state index contributed by atoms with van der Waals surface area (Å²) in [4.78, 5) is 22.5. The average Bonchev–Trinajstić information content (AvgIpc) is 2.89. The molecule has 2 aliphatic heterocycles. The lowest BCUT2D eigenvalue weighted by atomic mass is 9.79. The molecule has 0 unspecified atom stereocenters. The molecular weight excluding hydrogens is 337 g/mol. The Balaban J connectivity index is 0.000000277. The minimum Gasteiger partial charge on any atom is -0.475 e. The summed E-state index contributed by atoms with van der Waals surface area (Å²) in [5.41, 5.74) is 0.522. The molecule has 0 radical (unpaired) electrons. The summed E-state index contributed by atoms with van der Waals surface area (Å²) in [5.74, 6) is -1.09. The van der Waals surface area contributed by atoms with Gasteiger partial charge in [-0.2, -0.15) is 13.2 Å². The topological polar surface area (TPSA) is 69.6 Å². The lowest BCUT2D eigenvalue weighted by molar-refractivity contribution is -0.192. The quantitative estimate of drug-likeness (QED) is 0.892. The summed E-state index contributed by atoms with van der Waals surface area (Å²) in [6.07, 6.45) is -0.0941. The molecule has 3 heterocycles. The fraction of sp³-hybridized carbons (Fsp3) is 0.688. The first-order valence-electron chi connectivity index (χ1n) is 8.16. The summed E-state index contributed by atoms with van der Waals surface area (Å²) in [6, 6.07) is 1.87. The molecule has 2 aliphatic rings. The molecule has 1 spiro atoms. The summed E-state index contributed by atoms with van der Waals surface area (Å²) >= 11 is 0. The highest BCUT2D eigenvalue weighted by atomic mass is 19.4. The van der Waals surface area contributed by atoms with E-state index >= 15 is 0 Å². The zero-order valence-corrected chi connectivity index (χ0v) is 14.3. The van der Waals surface area contributed by atoms with Crippen LogP contribution in [0.2, 0.25) is 0 Å². The van der Waals surface area contributed by atoms with Crippen LogP contribution < -0.4 is 4.90 Å². The summed E-state index contributed by atoms with van der Waals surface area (Å²) < 4.78 is 31.7. The van der Waals surface area contributed by atoms with Gasteiger partial charge in [-0.1, -0.05) is 13.8 Å². The van der Waals surface area contributed by atoms with Crippen LogP contribution in [0.3, 0.4) is 0 Å². The van der Waals surface area contributed by atoms with E-state index in [0.29, 0.717) is 5.41 Å². The van der Waals surface area contributed by atoms with Crippen LogP contribution in [0, 0.1) is 11.3 Å². The molecule has 0 saturated carbocycles. The standard InChI is InChI=1S/C14H22N4.C2HF3O2/c1-12(2)8-17-7-4-14(9-17)10-18(11-14)13-15-5-3-6-16-13;3-2(4,5)1(6)7/h3,5-6,12H,4,7-11H2,1-2H3;(H,6,7). The number of anilines is 1. The van der Waals surface area contributed by atoms with Crippen LogP contribution in [0.4, 0.5) is 19.1 Å². The molecule has 3 rings (SSSR count). The van der Waals surface area contributed by atoms with Crippen LogP contribution in [0.25, 0.3) is 0 Å². The van der Waals surface area contributed by atoms with Crippen molar-refractivity contribution in [2.75, 3.05) is 37.6 Å². The number of carboxylic acids is 1. The fourth-order valence-electron chi connectivity index (χ4n) is 3.32. The number of aliphatic carboxylic acids is 1. The average molecular weight is 360 g/mol. The Morgan fingerprint density at radius 1 is 1.28 bits per heavy atom. The first-order chi connectivity index (χ1) is 11.6. The molecule has 0 bridgehead atoms. The molecule has 1 aromatic rings. The van der Waals surface area contributed by atoms with Gasteiger partial charge in [0.1, 0.15) is 0 Å². The molecule has 1 N–H and O–H groups in total. The maximum absolute atomic E-state index is 10.6. The van der Waals surface area contributed by atoms with Gasteiger partial charge in [0.25, 0.3) is 0 Å². The number of carboxylic acid groups (broad SMARTS) is 1. The third-order valence-corrected chi connectivity index (χ3v) is 4.27. The molecule has 1 aromatic heterocycles. The first-order valence-corrected chi connectivity index (χ1v) is 8.16. The highest BCUT2D eigenvalue weighted by Gasteiger charge is 2.48. The Bertz CT molecular complexity index is 574. The Morgan fingerprint density at radius 3 is 2.32 bits per heavy atom. The highest BCUT2D eigenvalue weighted by molar-refractivity contribution is 5.73. The predicted molar refractivity (Wildman–Crippen MR) is 86.3 cm³/mol. The van der Waals surface area contributed by atoms with Crippen LogP contribution >= 0.6 is 0 Å². The Hall–Kier alpha value is -1.90. The molecule has 6 nitrogen and oxygen atoms in total. The number of likely N-dealkylation sites (tertiary alicyclic amines) is 1. The van der Waals surface area contributed by atoms with Gasteiger partial charge in [-0.15, -0.1) is 0 Å². The zero-order valence-electron chi connectivity index (χ0n) is 14.3. The second-order valence-electron chi connectivity index (χ2n) is 7.09. The van der Waals surface area contributed by atoms with Gasteiger partial charge in [0.15, 0.2) is 0 Å². The van der Waals surface area contributed by atoms with Crippen LogP contribution in [-0.4, -0.2) is 64.8 Å². The number of alkyl halides is 3. The fourth-order valence-corrected chi connectivity index (χ4v) is 3.32. The van der Waals surface area contributed by atoms with E-state index in [1.54, 1.807) is 0 Å². The highest BCUT2D eigenvalue weighted by Crippen LogP contribution is 2.40. The van der Waals surface area contributed by atoms with Gasteiger partial charge in [-0.3, -0.25) is 0 Å². The van der Waals surface area contributed by atoms with Crippen LogP contribution in [-0.2, 0) is 4.79 Å². The van der Waals surface area contributed by atoms with E-state index < -0.39 is 12.1 Å². The van der Waals surface area contributed by atoms with Gasteiger partial charge in [0.2, 0.25) is 5.95 Å². The lowest BCUT2D eigenvalue weighted by Crippen LogP contribution is -2.58. The summed E-state index contributed by atoms with van der Waals surface area (Å²) in [6.45, 7) is 10.6. The minimum atomic E-state index is -5.08. The van der Waals surface area contributed by atoms with E-state index in [9.17, 15) is 13.2 Å². The Morgan fingerprint density at radius 2 is 1.84 bits per heavy atom. The van der Waals surface area contributed by atoms with Crippen molar-refractivity contribution in [1.82, 2.24) is 14.9 Å². The molecule has 0 amide bonds. The van der Waals surface area contributed by atoms with Crippen LogP contribution in [0.15, 0.2) is 18.5 Å². The van der Waals surface area contributed by atoms with E-state index in [1.165, 1.54) is 26.1 Å². The number of rotatable bonds is 3. The number of carbonyl (C=O) groups is 1. The number of halogens is 3. The SMILES string of the molecule is CC(C)CN1CCC2(C1)CN(c1ncccn1)C2.O=C(O)C(F)(F)F. The maximum Gasteiger partial charge on any atom is 0.490 e. The molecule has 0 atom stereocenters. The van der Waals surface area contributed by atoms with Crippen molar-refractivity contribution in [3.63, 3.8) is 0 Å². The lowest BCUT2D eigenvalue weighted by Gasteiger charge is -2.48. The van der Waals surface area contributed by atoms with Crippen LogP contribution in [0.5, 0.6) is 0 Å². The number of nitrogens with zero attached hydrogens (tertiary/aromatic N) is 4. The number of hydrogen-bond donors (Lipinski definition) is 1. The second kappa shape index (κ2) is 7.55. The van der Waals surface area contributed by atoms with Gasteiger partial charge in [-0.25, -0.2) is 14.8 Å². The molecule has 2 saturated heterocycles. The van der Waals surface area contributed by atoms with Gasteiger partial charge in [-0.05, 0) is 24.9 Å². The van der Waals surface area contributed by atoms with E-state index in [1.807, 2.05) is 18.5 Å². The summed E-state index contributed by atoms with van der Waals surface area (Å²) in [5, 5.41) is 7.12. The predicted octanol–water partition coefficient (Wildman–Crippen LogP) is 2.28. The maximum atomic E-state index is 10.6. The normalized spacial score (nSPS) is 19.5. The van der Waals surface area contributed by atoms with Crippen molar-refractivity contribution < 1.29 is 23.1 Å². The van der Waals surface area contributed by atoms with E-state index in [4.69, 9.17) is 9.90 Å². The van der Waals surface area contributed by atoms with Gasteiger partial charge >= 0.3 is 12.1 Å². The largest absolute Gasteiger partial charge is 0.490 e. The number of aromatic nitrogens is 2.